The first kappa shape index (κ1) is 12.0. The van der Waals surface area contributed by atoms with E-state index in [4.69, 9.17) is 5.11 Å². The van der Waals surface area contributed by atoms with Crippen LogP contribution in [0.4, 0.5) is 5.69 Å². The number of hydrogen-bond acceptors (Lipinski definition) is 5. The molecule has 0 unspecified atom stereocenters. The first-order valence-corrected chi connectivity index (χ1v) is 5.45. The predicted octanol–water partition coefficient (Wildman–Crippen LogP) is 0.792. The number of nitrogens with zero attached hydrogens (tertiary/aromatic N) is 4. The summed E-state index contributed by atoms with van der Waals surface area (Å²) >= 11 is 0. The summed E-state index contributed by atoms with van der Waals surface area (Å²) in [7, 11) is 0. The summed E-state index contributed by atoms with van der Waals surface area (Å²) in [6.45, 7) is 3.09. The van der Waals surface area contributed by atoms with Crippen LogP contribution in [0.25, 0.3) is 0 Å². The highest BCUT2D eigenvalue weighted by Crippen LogP contribution is 2.06. The van der Waals surface area contributed by atoms with Crippen LogP contribution in [0.3, 0.4) is 0 Å². The van der Waals surface area contributed by atoms with Gasteiger partial charge in [-0.05, 0) is 19.1 Å². The van der Waals surface area contributed by atoms with Crippen LogP contribution in [0.15, 0.2) is 24.5 Å². The molecule has 7 heteroatoms. The maximum absolute atomic E-state index is 10.6. The van der Waals surface area contributed by atoms with E-state index < -0.39 is 5.97 Å². The quantitative estimate of drug-likeness (QED) is 0.811. The molecule has 94 valence electrons. The van der Waals surface area contributed by atoms with Crippen molar-refractivity contribution in [3.63, 3.8) is 0 Å². The van der Waals surface area contributed by atoms with Crippen molar-refractivity contribution >= 4 is 11.7 Å². The number of carbonyl (C=O) groups is 1. The fourth-order valence-corrected chi connectivity index (χ4v) is 1.48. The second-order valence-electron chi connectivity index (χ2n) is 3.78. The van der Waals surface area contributed by atoms with Gasteiger partial charge < -0.3 is 10.4 Å². The summed E-state index contributed by atoms with van der Waals surface area (Å²) in [5, 5.41) is 19.1. The third-order valence-electron chi connectivity index (χ3n) is 2.32. The first-order chi connectivity index (χ1) is 8.65. The maximum atomic E-state index is 10.6. The third-order valence-corrected chi connectivity index (χ3v) is 2.32. The Labute approximate surface area is 103 Å². The molecule has 0 saturated carbocycles. The van der Waals surface area contributed by atoms with Crippen molar-refractivity contribution in [3.05, 3.63) is 35.9 Å². The molecule has 2 N–H and O–H groups in total. The van der Waals surface area contributed by atoms with Gasteiger partial charge in [-0.25, -0.2) is 9.48 Å². The second kappa shape index (κ2) is 5.26. The second-order valence-corrected chi connectivity index (χ2v) is 3.78. The molecule has 2 heterocycles. The molecular formula is C11H13N5O2. The highest BCUT2D eigenvalue weighted by Gasteiger charge is 2.07. The van der Waals surface area contributed by atoms with Crippen molar-refractivity contribution in [2.45, 2.75) is 13.5 Å². The number of carboxylic acid groups (broad SMARTS) is 1. The number of rotatable bonds is 5. The van der Waals surface area contributed by atoms with E-state index in [1.807, 2.05) is 19.1 Å². The Kier molecular flexibility index (Phi) is 3.52. The van der Waals surface area contributed by atoms with Crippen molar-refractivity contribution in [1.82, 2.24) is 20.0 Å². The van der Waals surface area contributed by atoms with Gasteiger partial charge in [-0.1, -0.05) is 5.21 Å². The Balaban J connectivity index is 1.86. The molecule has 0 fully saturated rings. The number of pyridine rings is 1. The predicted molar refractivity (Wildman–Crippen MR) is 64.4 cm³/mol. The average molecular weight is 247 g/mol. The lowest BCUT2D eigenvalue weighted by Gasteiger charge is -2.06. The van der Waals surface area contributed by atoms with Gasteiger partial charge in [0, 0.05) is 24.1 Å². The van der Waals surface area contributed by atoms with Gasteiger partial charge in [0.15, 0.2) is 5.69 Å². The Morgan fingerprint density at radius 1 is 1.56 bits per heavy atom. The van der Waals surface area contributed by atoms with E-state index in [-0.39, 0.29) is 5.69 Å². The van der Waals surface area contributed by atoms with Crippen LogP contribution in [0.5, 0.6) is 0 Å². The standard InChI is InChI=1S/C11H13N5O2/c1-8-6-9(2-3-12-8)13-4-5-16-7-10(11(17)18)14-15-16/h2-3,6-7H,4-5H2,1H3,(H,12,13)(H,17,18). The van der Waals surface area contributed by atoms with Gasteiger partial charge in [-0.15, -0.1) is 5.10 Å². The zero-order valence-electron chi connectivity index (χ0n) is 9.87. The van der Waals surface area contributed by atoms with Crippen LogP contribution < -0.4 is 5.32 Å². The number of hydrogen-bond donors (Lipinski definition) is 2. The summed E-state index contributed by atoms with van der Waals surface area (Å²) in [5.74, 6) is -1.07. The van der Waals surface area contributed by atoms with Gasteiger partial charge in [0.1, 0.15) is 0 Å². The van der Waals surface area contributed by atoms with Crippen LogP contribution in [-0.2, 0) is 6.54 Å². The number of carboxylic acids is 1. The molecule has 0 saturated heterocycles. The maximum Gasteiger partial charge on any atom is 0.358 e. The van der Waals surface area contributed by atoms with Gasteiger partial charge in [0.25, 0.3) is 0 Å². The fraction of sp³-hybridized carbons (Fsp3) is 0.273. The van der Waals surface area contributed by atoms with Crippen LogP contribution in [0.1, 0.15) is 16.2 Å². The summed E-state index contributed by atoms with van der Waals surface area (Å²) in [5.41, 5.74) is 1.87. The third kappa shape index (κ3) is 3.03. The van der Waals surface area contributed by atoms with E-state index in [0.29, 0.717) is 13.1 Å². The number of aryl methyl sites for hydroxylation is 1. The Bertz CT molecular complexity index is 552. The summed E-state index contributed by atoms with van der Waals surface area (Å²) < 4.78 is 1.49. The van der Waals surface area contributed by atoms with Gasteiger partial charge >= 0.3 is 5.97 Å². The normalized spacial score (nSPS) is 10.3. The molecule has 18 heavy (non-hydrogen) atoms. The monoisotopic (exact) mass is 247 g/mol. The van der Waals surface area contributed by atoms with E-state index in [9.17, 15) is 4.79 Å². The molecule has 2 rings (SSSR count). The zero-order valence-corrected chi connectivity index (χ0v) is 9.87. The van der Waals surface area contributed by atoms with Crippen molar-refractivity contribution in [2.24, 2.45) is 0 Å². The topological polar surface area (TPSA) is 92.9 Å². The SMILES string of the molecule is Cc1cc(NCCn2cc(C(=O)O)nn2)ccn1. The van der Waals surface area contributed by atoms with E-state index in [1.54, 1.807) is 6.20 Å². The highest BCUT2D eigenvalue weighted by atomic mass is 16.4. The fourth-order valence-electron chi connectivity index (χ4n) is 1.48. The minimum Gasteiger partial charge on any atom is -0.476 e. The molecule has 0 radical (unpaired) electrons. The Morgan fingerprint density at radius 2 is 2.39 bits per heavy atom. The van der Waals surface area contributed by atoms with Crippen LogP contribution in [0.2, 0.25) is 0 Å². The van der Waals surface area contributed by atoms with E-state index in [2.05, 4.69) is 20.6 Å². The van der Waals surface area contributed by atoms with Crippen molar-refractivity contribution < 1.29 is 9.90 Å². The minimum atomic E-state index is -1.07. The van der Waals surface area contributed by atoms with E-state index >= 15 is 0 Å². The molecule has 0 aliphatic carbocycles. The molecule has 0 aliphatic rings. The molecular weight excluding hydrogens is 234 g/mol. The summed E-state index contributed by atoms with van der Waals surface area (Å²) in [6.07, 6.45) is 3.14. The Hall–Kier alpha value is -2.44. The van der Waals surface area contributed by atoms with Crippen molar-refractivity contribution in [3.8, 4) is 0 Å². The van der Waals surface area contributed by atoms with Gasteiger partial charge in [-0.2, -0.15) is 0 Å². The van der Waals surface area contributed by atoms with Crippen LogP contribution in [-0.4, -0.2) is 37.6 Å². The van der Waals surface area contributed by atoms with Gasteiger partial charge in [0.05, 0.1) is 12.7 Å². The number of nitrogens with one attached hydrogen (secondary N) is 1. The summed E-state index contributed by atoms with van der Waals surface area (Å²) in [6, 6.07) is 3.81. The lowest BCUT2D eigenvalue weighted by Crippen LogP contribution is -2.11. The number of aromatic carboxylic acids is 1. The van der Waals surface area contributed by atoms with Gasteiger partial charge in [0.2, 0.25) is 0 Å². The largest absolute Gasteiger partial charge is 0.476 e. The van der Waals surface area contributed by atoms with Crippen molar-refractivity contribution in [1.29, 1.82) is 0 Å². The Morgan fingerprint density at radius 3 is 3.06 bits per heavy atom. The summed E-state index contributed by atoms with van der Waals surface area (Å²) in [4.78, 5) is 14.7. The smallest absolute Gasteiger partial charge is 0.358 e. The molecule has 0 bridgehead atoms. The molecule has 0 aliphatic heterocycles. The van der Waals surface area contributed by atoms with Crippen molar-refractivity contribution in [2.75, 3.05) is 11.9 Å². The molecule has 0 aromatic carbocycles. The van der Waals surface area contributed by atoms with E-state index in [1.165, 1.54) is 10.9 Å². The molecule has 0 spiro atoms. The lowest BCUT2D eigenvalue weighted by molar-refractivity contribution is 0.0690. The zero-order chi connectivity index (χ0) is 13.0. The molecule has 2 aromatic rings. The molecule has 0 amide bonds. The highest BCUT2D eigenvalue weighted by molar-refractivity contribution is 5.84. The molecule has 2 aromatic heterocycles. The van der Waals surface area contributed by atoms with Crippen LogP contribution in [0, 0.1) is 6.92 Å². The molecule has 7 nitrogen and oxygen atoms in total. The molecule has 0 atom stereocenters. The lowest BCUT2D eigenvalue weighted by atomic mass is 10.3. The first-order valence-electron chi connectivity index (χ1n) is 5.45. The van der Waals surface area contributed by atoms with Gasteiger partial charge in [-0.3, -0.25) is 4.98 Å². The van der Waals surface area contributed by atoms with Crippen LogP contribution >= 0.6 is 0 Å². The minimum absolute atomic E-state index is 0.0465. The number of aromatic nitrogens is 4. The average Bonchev–Trinajstić information content (AvgIpc) is 2.78. The van der Waals surface area contributed by atoms with E-state index in [0.717, 1.165) is 11.4 Å². The number of anilines is 1.